The number of hydrogen-bond acceptors (Lipinski definition) is 5. The summed E-state index contributed by atoms with van der Waals surface area (Å²) in [6.45, 7) is 0.353. The van der Waals surface area contributed by atoms with Gasteiger partial charge in [0, 0.05) is 24.0 Å². The number of likely N-dealkylation sites (tertiary alicyclic amines) is 1. The first kappa shape index (κ1) is 17.0. The van der Waals surface area contributed by atoms with Crippen molar-refractivity contribution in [3.05, 3.63) is 22.5 Å². The van der Waals surface area contributed by atoms with Crippen molar-refractivity contribution in [1.29, 1.82) is 5.26 Å². The minimum absolute atomic E-state index is 0.0407. The molecule has 2 aromatic rings. The van der Waals surface area contributed by atoms with Gasteiger partial charge < -0.3 is 9.73 Å². The Bertz CT molecular complexity index is 798. The van der Waals surface area contributed by atoms with Crippen LogP contribution in [-0.2, 0) is 0 Å². The second-order valence-electron chi connectivity index (χ2n) is 5.82. The number of nitrogens with zero attached hydrogens (tertiary/aromatic N) is 3. The molecule has 24 heavy (non-hydrogen) atoms. The topological polar surface area (TPSA) is 65.1 Å². The van der Waals surface area contributed by atoms with Crippen LogP contribution in [0, 0.1) is 11.3 Å². The summed E-state index contributed by atoms with van der Waals surface area (Å²) < 4.78 is 45.1. The Morgan fingerprint density at radius 1 is 1.50 bits per heavy atom. The first-order valence-electron chi connectivity index (χ1n) is 7.31. The third-order valence-corrected chi connectivity index (χ3v) is 5.02. The standard InChI is InChI=1S/C15H14BrF3N4O/c1-23-3-2-8(4-12(23)15(17,18)19)22-14-13(16)10-5-9(6-20)24-11(10)7-21-14/h5,7-8,12H,2-4H2,1H3,(H,21,22). The van der Waals surface area contributed by atoms with Crippen molar-refractivity contribution in [3.8, 4) is 6.07 Å². The first-order chi connectivity index (χ1) is 11.3. The molecule has 1 saturated heterocycles. The molecule has 0 saturated carbocycles. The summed E-state index contributed by atoms with van der Waals surface area (Å²) in [4.78, 5) is 5.53. The number of aromatic nitrogens is 1. The van der Waals surface area contributed by atoms with Crippen LogP contribution in [-0.4, -0.2) is 41.7 Å². The fraction of sp³-hybridized carbons (Fsp3) is 0.467. The van der Waals surface area contributed by atoms with Gasteiger partial charge in [0.15, 0.2) is 5.58 Å². The molecule has 1 aliphatic rings. The van der Waals surface area contributed by atoms with Crippen molar-refractivity contribution < 1.29 is 17.6 Å². The summed E-state index contributed by atoms with van der Waals surface area (Å²) in [6, 6.07) is 1.67. The van der Waals surface area contributed by atoms with Gasteiger partial charge in [-0.15, -0.1) is 0 Å². The number of alkyl halides is 3. The molecule has 9 heteroatoms. The smallest absolute Gasteiger partial charge is 0.404 e. The Morgan fingerprint density at radius 3 is 2.92 bits per heavy atom. The van der Waals surface area contributed by atoms with Gasteiger partial charge in [-0.1, -0.05) is 0 Å². The molecule has 2 aromatic heterocycles. The monoisotopic (exact) mass is 402 g/mol. The quantitative estimate of drug-likeness (QED) is 0.824. The van der Waals surface area contributed by atoms with E-state index in [2.05, 4.69) is 26.2 Å². The number of furan rings is 1. The maximum Gasteiger partial charge on any atom is 0.404 e. The van der Waals surface area contributed by atoms with Crippen LogP contribution in [0.1, 0.15) is 18.6 Å². The first-order valence-corrected chi connectivity index (χ1v) is 8.10. The number of halogens is 4. The predicted octanol–water partition coefficient (Wildman–Crippen LogP) is 3.90. The highest BCUT2D eigenvalue weighted by atomic mass is 79.9. The van der Waals surface area contributed by atoms with Crippen molar-refractivity contribution in [1.82, 2.24) is 9.88 Å². The molecular formula is C15H14BrF3N4O. The van der Waals surface area contributed by atoms with Crippen LogP contribution in [0.3, 0.4) is 0 Å². The van der Waals surface area contributed by atoms with E-state index in [1.54, 1.807) is 6.07 Å². The van der Waals surface area contributed by atoms with Crippen LogP contribution in [0.5, 0.6) is 0 Å². The molecule has 2 unspecified atom stereocenters. The molecule has 0 bridgehead atoms. The minimum Gasteiger partial charge on any atom is -0.444 e. The largest absolute Gasteiger partial charge is 0.444 e. The van der Waals surface area contributed by atoms with Crippen LogP contribution in [0.25, 0.3) is 11.0 Å². The van der Waals surface area contributed by atoms with E-state index in [1.807, 2.05) is 6.07 Å². The van der Waals surface area contributed by atoms with Crippen molar-refractivity contribution in [2.24, 2.45) is 0 Å². The highest BCUT2D eigenvalue weighted by Crippen LogP contribution is 2.35. The number of piperidine rings is 1. The highest BCUT2D eigenvalue weighted by Gasteiger charge is 2.45. The van der Waals surface area contributed by atoms with Gasteiger partial charge in [0.25, 0.3) is 0 Å². The summed E-state index contributed by atoms with van der Waals surface area (Å²) >= 11 is 3.39. The lowest BCUT2D eigenvalue weighted by molar-refractivity contribution is -0.187. The fourth-order valence-electron chi connectivity index (χ4n) is 2.93. The Balaban J connectivity index is 1.82. The number of hydrogen-bond donors (Lipinski definition) is 1. The molecule has 3 heterocycles. The molecule has 0 amide bonds. The zero-order chi connectivity index (χ0) is 17.5. The Labute approximate surface area is 144 Å². The van der Waals surface area contributed by atoms with Gasteiger partial charge >= 0.3 is 6.18 Å². The van der Waals surface area contributed by atoms with Gasteiger partial charge in [-0.25, -0.2) is 4.98 Å². The van der Waals surface area contributed by atoms with Crippen molar-refractivity contribution in [2.45, 2.75) is 31.1 Å². The Hall–Kier alpha value is -1.79. The minimum atomic E-state index is -4.25. The van der Waals surface area contributed by atoms with E-state index in [9.17, 15) is 13.2 Å². The van der Waals surface area contributed by atoms with Crippen molar-refractivity contribution in [3.63, 3.8) is 0 Å². The average Bonchev–Trinajstić information content (AvgIpc) is 2.95. The van der Waals surface area contributed by atoms with Crippen LogP contribution in [0.4, 0.5) is 19.0 Å². The maximum absolute atomic E-state index is 13.1. The average molecular weight is 403 g/mol. The summed E-state index contributed by atoms with van der Waals surface area (Å²) in [5.74, 6) is 0.601. The second-order valence-corrected chi connectivity index (χ2v) is 6.62. The molecule has 0 spiro atoms. The van der Waals surface area contributed by atoms with Gasteiger partial charge in [-0.2, -0.15) is 18.4 Å². The van der Waals surface area contributed by atoms with E-state index >= 15 is 0 Å². The molecule has 2 atom stereocenters. The normalized spacial score (nSPS) is 22.5. The van der Waals surface area contributed by atoms with Gasteiger partial charge in [-0.05, 0) is 35.8 Å². The number of pyridine rings is 1. The fourth-order valence-corrected chi connectivity index (χ4v) is 3.45. The number of nitrogens with one attached hydrogen (secondary N) is 1. The van der Waals surface area contributed by atoms with E-state index in [4.69, 9.17) is 9.68 Å². The summed E-state index contributed by atoms with van der Waals surface area (Å²) in [7, 11) is 1.49. The van der Waals surface area contributed by atoms with Gasteiger partial charge in [0.05, 0.1) is 10.7 Å². The van der Waals surface area contributed by atoms with Crippen LogP contribution in [0.2, 0.25) is 0 Å². The lowest BCUT2D eigenvalue weighted by Gasteiger charge is -2.38. The molecule has 0 aliphatic carbocycles. The lowest BCUT2D eigenvalue weighted by Crippen LogP contribution is -2.51. The highest BCUT2D eigenvalue weighted by molar-refractivity contribution is 9.10. The number of fused-ring (bicyclic) bond motifs is 1. The predicted molar refractivity (Wildman–Crippen MR) is 85.5 cm³/mol. The maximum atomic E-state index is 13.1. The second kappa shape index (κ2) is 6.26. The van der Waals surface area contributed by atoms with Crippen molar-refractivity contribution in [2.75, 3.05) is 18.9 Å². The molecule has 128 valence electrons. The molecule has 5 nitrogen and oxygen atoms in total. The number of anilines is 1. The molecule has 3 rings (SSSR count). The number of rotatable bonds is 2. The third-order valence-electron chi connectivity index (χ3n) is 4.22. The van der Waals surface area contributed by atoms with E-state index < -0.39 is 12.2 Å². The molecule has 1 aliphatic heterocycles. The lowest BCUT2D eigenvalue weighted by atomic mass is 9.97. The van der Waals surface area contributed by atoms with Gasteiger partial charge in [0.1, 0.15) is 17.9 Å². The van der Waals surface area contributed by atoms with E-state index in [-0.39, 0.29) is 18.2 Å². The molecule has 1 N–H and O–H groups in total. The molecule has 0 aromatic carbocycles. The third kappa shape index (κ3) is 3.21. The molecule has 1 fully saturated rings. The van der Waals surface area contributed by atoms with Crippen LogP contribution < -0.4 is 5.32 Å². The van der Waals surface area contributed by atoms with Crippen LogP contribution in [0.15, 0.2) is 21.2 Å². The summed E-state index contributed by atoms with van der Waals surface area (Å²) in [5.41, 5.74) is 0.445. The molecular weight excluding hydrogens is 389 g/mol. The Morgan fingerprint density at radius 2 is 2.25 bits per heavy atom. The summed E-state index contributed by atoms with van der Waals surface area (Å²) in [5, 5.41) is 12.6. The van der Waals surface area contributed by atoms with E-state index in [1.165, 1.54) is 18.1 Å². The molecule has 0 radical (unpaired) electrons. The Kier molecular flexibility index (Phi) is 4.44. The SMILES string of the molecule is CN1CCC(Nc2ncc3oc(C#N)cc3c2Br)CC1C(F)(F)F. The van der Waals surface area contributed by atoms with Crippen molar-refractivity contribution >= 4 is 32.7 Å². The van der Waals surface area contributed by atoms with Gasteiger partial charge in [-0.3, -0.25) is 4.90 Å². The van der Waals surface area contributed by atoms with Gasteiger partial charge in [0.2, 0.25) is 5.76 Å². The zero-order valence-corrected chi connectivity index (χ0v) is 14.3. The van der Waals surface area contributed by atoms with E-state index in [0.717, 1.165) is 0 Å². The van der Waals surface area contributed by atoms with E-state index in [0.29, 0.717) is 34.2 Å². The van der Waals surface area contributed by atoms with Crippen LogP contribution >= 0.6 is 15.9 Å². The zero-order valence-electron chi connectivity index (χ0n) is 12.7. The summed E-state index contributed by atoms with van der Waals surface area (Å²) in [6.07, 6.45) is -2.25. The number of nitriles is 1.